The first kappa shape index (κ1) is 34.2. The second-order valence-electron chi connectivity index (χ2n) is 14.7. The summed E-state index contributed by atoms with van der Waals surface area (Å²) in [7, 11) is 0. The molecule has 3 aliphatic rings. The molecule has 0 unspecified atom stereocenters. The Bertz CT molecular complexity index is 2230. The zero-order chi connectivity index (χ0) is 36.5. The van der Waals surface area contributed by atoms with Crippen LogP contribution in [-0.2, 0) is 16.0 Å². The Morgan fingerprint density at radius 3 is 2.23 bits per heavy atom. The number of nitrogens with one attached hydrogen (secondary N) is 3. The Morgan fingerprint density at radius 2 is 1.49 bits per heavy atom. The predicted octanol–water partition coefficient (Wildman–Crippen LogP) is 6.45. The van der Waals surface area contributed by atoms with Gasteiger partial charge >= 0.3 is 6.09 Å². The first-order valence-electron chi connectivity index (χ1n) is 18.4. The molecule has 8 rings (SSSR count). The van der Waals surface area contributed by atoms with Crippen LogP contribution in [0.25, 0.3) is 32.7 Å². The third kappa shape index (κ3) is 7.13. The number of carboxylic acid groups (broad SMARTS) is 1. The van der Waals surface area contributed by atoms with Crippen molar-refractivity contribution >= 4 is 45.4 Å². The molecule has 1 aliphatic carbocycles. The lowest BCUT2D eigenvalue weighted by atomic mass is 9.93. The summed E-state index contributed by atoms with van der Waals surface area (Å²) >= 11 is 0. The van der Waals surface area contributed by atoms with E-state index in [9.17, 15) is 24.3 Å². The Balaban J connectivity index is 1.16. The quantitative estimate of drug-likeness (QED) is 0.169. The lowest BCUT2D eigenvalue weighted by Crippen LogP contribution is -2.59. The predicted molar refractivity (Wildman–Crippen MR) is 203 cm³/mol. The highest BCUT2D eigenvalue weighted by Crippen LogP contribution is 2.34. The summed E-state index contributed by atoms with van der Waals surface area (Å²) in [5.74, 6) is -0.593. The van der Waals surface area contributed by atoms with Crippen molar-refractivity contribution in [1.29, 1.82) is 0 Å². The summed E-state index contributed by atoms with van der Waals surface area (Å²) in [6, 6.07) is 32.3. The molecule has 3 atom stereocenters. The fourth-order valence-corrected chi connectivity index (χ4v) is 8.38. The Labute approximate surface area is 307 Å². The highest BCUT2D eigenvalue weighted by atomic mass is 16.5. The van der Waals surface area contributed by atoms with Crippen LogP contribution >= 0.6 is 0 Å². The first-order chi connectivity index (χ1) is 25.7. The monoisotopic (exact) mass is 710 g/mol. The lowest BCUT2D eigenvalue weighted by molar-refractivity contribution is -0.134. The van der Waals surface area contributed by atoms with E-state index >= 15 is 0 Å². The second kappa shape index (κ2) is 14.3. The van der Waals surface area contributed by atoms with Gasteiger partial charge in [0.25, 0.3) is 5.91 Å². The van der Waals surface area contributed by atoms with Crippen molar-refractivity contribution in [2.75, 3.05) is 13.2 Å². The van der Waals surface area contributed by atoms with Gasteiger partial charge in [-0.1, -0.05) is 97.8 Å². The van der Waals surface area contributed by atoms with Gasteiger partial charge in [-0.05, 0) is 82.1 Å². The number of benzene rings is 5. The number of nitrogens with zero attached hydrogens (tertiary/aromatic N) is 1. The van der Waals surface area contributed by atoms with Gasteiger partial charge in [0.15, 0.2) is 0 Å². The summed E-state index contributed by atoms with van der Waals surface area (Å²) in [5.41, 5.74) is 1.84. The van der Waals surface area contributed by atoms with Crippen molar-refractivity contribution in [3.8, 4) is 16.9 Å². The van der Waals surface area contributed by atoms with Crippen LogP contribution in [0, 0.1) is 0 Å². The summed E-state index contributed by atoms with van der Waals surface area (Å²) in [4.78, 5) is 56.4. The number of carbonyl (C=O) groups is 4. The molecule has 4 amide bonds. The van der Waals surface area contributed by atoms with E-state index < -0.39 is 35.7 Å². The smallest absolute Gasteiger partial charge is 0.404 e. The minimum absolute atomic E-state index is 0.00455. The fraction of sp³-hybridized carbons (Fsp3) is 0.302. The Hall–Kier alpha value is -5.90. The van der Waals surface area contributed by atoms with Crippen LogP contribution in [0.15, 0.2) is 103 Å². The van der Waals surface area contributed by atoms with E-state index in [1.807, 2.05) is 72.8 Å². The molecule has 270 valence electrons. The maximum Gasteiger partial charge on any atom is 0.404 e. The minimum Gasteiger partial charge on any atom is -0.491 e. The molecular formula is C43H42N4O6. The topological polar surface area (TPSA) is 137 Å². The van der Waals surface area contributed by atoms with Gasteiger partial charge in [0.2, 0.25) is 11.8 Å². The molecule has 2 aliphatic heterocycles. The standard InChI is InChI=1S/C43H42N4O6/c48-39-24-34(20-27-11-12-28-7-1-3-9-30(28)19-27)44-41(50)43(17-5-6-18-43)46-40(49)37-22-33(32-14-13-29-8-2-4-10-31(29)21-32)15-16-38(37)53-26-36-23-35(25-47(36)39)45-42(51)52/h1-4,7-16,19,21-22,34-36,45H,5-6,17-18,20,23-26H2,(H,44,50)(H,46,49)(H,51,52)/t34-,35+,36-/m0/s1. The number of hydrogen-bond donors (Lipinski definition) is 4. The van der Waals surface area contributed by atoms with Gasteiger partial charge in [-0.25, -0.2) is 4.79 Å². The Kier molecular flexibility index (Phi) is 9.20. The van der Waals surface area contributed by atoms with Crippen LogP contribution < -0.4 is 20.7 Å². The van der Waals surface area contributed by atoms with E-state index in [1.54, 1.807) is 17.0 Å². The minimum atomic E-state index is -1.17. The molecule has 0 aromatic heterocycles. The molecule has 5 aromatic carbocycles. The van der Waals surface area contributed by atoms with Crippen molar-refractivity contribution in [2.45, 2.75) is 68.6 Å². The highest BCUT2D eigenvalue weighted by molar-refractivity contribution is 6.02. The number of amides is 4. The van der Waals surface area contributed by atoms with Gasteiger partial charge in [-0.2, -0.15) is 0 Å². The molecule has 0 bridgehead atoms. The van der Waals surface area contributed by atoms with Gasteiger partial charge in [0.1, 0.15) is 17.9 Å². The zero-order valence-electron chi connectivity index (χ0n) is 29.3. The van der Waals surface area contributed by atoms with E-state index in [0.717, 1.165) is 51.1 Å². The van der Waals surface area contributed by atoms with Crippen molar-refractivity contribution in [1.82, 2.24) is 20.9 Å². The number of carbonyl (C=O) groups excluding carboxylic acids is 3. The molecule has 10 heteroatoms. The van der Waals surface area contributed by atoms with Crippen molar-refractivity contribution in [2.24, 2.45) is 0 Å². The summed E-state index contributed by atoms with van der Waals surface area (Å²) < 4.78 is 6.39. The van der Waals surface area contributed by atoms with Gasteiger partial charge in [-0.15, -0.1) is 0 Å². The number of ether oxygens (including phenoxy) is 1. The molecular weight excluding hydrogens is 668 g/mol. The number of fused-ring (bicyclic) bond motifs is 4. The first-order valence-corrected chi connectivity index (χ1v) is 18.4. The molecule has 0 radical (unpaired) electrons. The van der Waals surface area contributed by atoms with Crippen molar-refractivity contribution in [3.05, 3.63) is 114 Å². The van der Waals surface area contributed by atoms with E-state index in [-0.39, 0.29) is 37.0 Å². The third-order valence-electron chi connectivity index (χ3n) is 11.1. The molecule has 1 saturated carbocycles. The third-order valence-corrected chi connectivity index (χ3v) is 11.1. The molecule has 53 heavy (non-hydrogen) atoms. The van der Waals surface area contributed by atoms with Crippen LogP contribution in [-0.4, -0.2) is 70.6 Å². The van der Waals surface area contributed by atoms with Crippen LogP contribution in [0.3, 0.4) is 0 Å². The SMILES string of the molecule is O=C(O)N[C@@H]1C[C@H]2COc3ccc(-c4ccc5ccccc5c4)cc3C(=O)NC3(CCCC3)C(=O)N[C@@H](Cc3ccc4ccccc4c3)CC(=O)N2C1. The molecule has 10 nitrogen and oxygen atoms in total. The summed E-state index contributed by atoms with van der Waals surface area (Å²) in [5, 5.41) is 22.8. The van der Waals surface area contributed by atoms with Crippen LogP contribution in [0.4, 0.5) is 4.79 Å². The molecule has 2 fully saturated rings. The molecule has 2 heterocycles. The number of rotatable bonds is 4. The van der Waals surface area contributed by atoms with E-state index in [0.29, 0.717) is 31.4 Å². The summed E-state index contributed by atoms with van der Waals surface area (Å²) in [6.07, 6.45) is 2.07. The van der Waals surface area contributed by atoms with Crippen LogP contribution in [0.1, 0.15) is 54.4 Å². The van der Waals surface area contributed by atoms with Crippen molar-refractivity contribution in [3.63, 3.8) is 0 Å². The van der Waals surface area contributed by atoms with Gasteiger partial charge in [-0.3, -0.25) is 14.4 Å². The fourth-order valence-electron chi connectivity index (χ4n) is 8.38. The molecule has 5 aromatic rings. The van der Waals surface area contributed by atoms with Gasteiger partial charge < -0.3 is 30.7 Å². The Morgan fingerprint density at radius 1 is 0.830 bits per heavy atom. The average molecular weight is 711 g/mol. The molecule has 1 saturated heterocycles. The highest BCUT2D eigenvalue weighted by Gasteiger charge is 2.45. The molecule has 1 spiro atoms. The summed E-state index contributed by atoms with van der Waals surface area (Å²) in [6.45, 7) is 0.236. The molecule has 4 N–H and O–H groups in total. The van der Waals surface area contributed by atoms with Gasteiger partial charge in [0, 0.05) is 19.0 Å². The van der Waals surface area contributed by atoms with E-state index in [1.165, 1.54) is 0 Å². The van der Waals surface area contributed by atoms with Crippen molar-refractivity contribution < 1.29 is 29.0 Å². The van der Waals surface area contributed by atoms with Gasteiger partial charge in [0.05, 0.1) is 17.6 Å². The maximum atomic E-state index is 14.4. The van der Waals surface area contributed by atoms with Crippen LogP contribution in [0.5, 0.6) is 5.75 Å². The van der Waals surface area contributed by atoms with E-state index in [2.05, 4.69) is 34.1 Å². The largest absolute Gasteiger partial charge is 0.491 e. The lowest BCUT2D eigenvalue weighted by Gasteiger charge is -2.33. The van der Waals surface area contributed by atoms with E-state index in [4.69, 9.17) is 4.74 Å². The average Bonchev–Trinajstić information content (AvgIpc) is 3.80. The zero-order valence-corrected chi connectivity index (χ0v) is 29.3. The maximum absolute atomic E-state index is 14.4. The normalized spacial score (nSPS) is 21.7. The number of hydrogen-bond acceptors (Lipinski definition) is 5. The van der Waals surface area contributed by atoms with Crippen LogP contribution in [0.2, 0.25) is 0 Å². The second-order valence-corrected chi connectivity index (χ2v) is 14.7.